The number of carbonyl (C=O) groups excluding carboxylic acids is 1. The SMILES string of the molecule is COc1ccccc1OCC(=O)Nc1ccc(NC2CCCCC2)cn1. The van der Waals surface area contributed by atoms with Crippen molar-refractivity contribution >= 4 is 17.4 Å². The molecule has 1 saturated carbocycles. The smallest absolute Gasteiger partial charge is 0.263 e. The highest BCUT2D eigenvalue weighted by Gasteiger charge is 2.13. The van der Waals surface area contributed by atoms with Crippen LogP contribution < -0.4 is 20.1 Å². The molecule has 0 unspecified atom stereocenters. The monoisotopic (exact) mass is 355 g/mol. The summed E-state index contributed by atoms with van der Waals surface area (Å²) in [4.78, 5) is 16.4. The molecule has 1 aliphatic rings. The van der Waals surface area contributed by atoms with Crippen molar-refractivity contribution in [1.82, 2.24) is 4.98 Å². The molecule has 1 heterocycles. The third kappa shape index (κ3) is 5.12. The number of hydrogen-bond acceptors (Lipinski definition) is 5. The molecule has 1 amide bonds. The number of carbonyl (C=O) groups is 1. The first-order chi connectivity index (χ1) is 12.7. The van der Waals surface area contributed by atoms with E-state index in [0.29, 0.717) is 23.4 Å². The molecule has 1 aromatic carbocycles. The van der Waals surface area contributed by atoms with Crippen LogP contribution >= 0.6 is 0 Å². The summed E-state index contributed by atoms with van der Waals surface area (Å²) in [6.07, 6.45) is 8.07. The van der Waals surface area contributed by atoms with Crippen molar-refractivity contribution < 1.29 is 14.3 Å². The minimum Gasteiger partial charge on any atom is -0.493 e. The third-order valence-electron chi connectivity index (χ3n) is 4.43. The van der Waals surface area contributed by atoms with E-state index in [-0.39, 0.29) is 12.5 Å². The minimum atomic E-state index is -0.267. The van der Waals surface area contributed by atoms with Crippen LogP contribution in [0.15, 0.2) is 42.6 Å². The van der Waals surface area contributed by atoms with Gasteiger partial charge in [0.05, 0.1) is 19.0 Å². The summed E-state index contributed by atoms with van der Waals surface area (Å²) in [6.45, 7) is -0.107. The molecule has 138 valence electrons. The number of rotatable bonds is 7. The number of benzene rings is 1. The number of para-hydroxylation sites is 2. The standard InChI is InChI=1S/C20H25N3O3/c1-25-17-9-5-6-10-18(17)26-14-20(24)23-19-12-11-16(13-21-19)22-15-7-3-2-4-8-15/h5-6,9-13,15,22H,2-4,7-8,14H2,1H3,(H,21,23,24). The highest BCUT2D eigenvalue weighted by Crippen LogP contribution is 2.25. The van der Waals surface area contributed by atoms with E-state index >= 15 is 0 Å². The Morgan fingerprint density at radius 1 is 1.12 bits per heavy atom. The second kappa shape index (κ2) is 9.08. The van der Waals surface area contributed by atoms with Crippen LogP contribution in [0.5, 0.6) is 11.5 Å². The quantitative estimate of drug-likeness (QED) is 0.789. The van der Waals surface area contributed by atoms with Crippen molar-refractivity contribution in [3.63, 3.8) is 0 Å². The molecule has 1 fully saturated rings. The van der Waals surface area contributed by atoms with E-state index in [1.54, 1.807) is 31.5 Å². The summed E-state index contributed by atoms with van der Waals surface area (Å²) < 4.78 is 10.7. The predicted octanol–water partition coefficient (Wildman–Crippen LogP) is 3.85. The van der Waals surface area contributed by atoms with Crippen molar-refractivity contribution in [2.75, 3.05) is 24.4 Å². The minimum absolute atomic E-state index is 0.107. The van der Waals surface area contributed by atoms with Gasteiger partial charge in [-0.1, -0.05) is 31.4 Å². The maximum Gasteiger partial charge on any atom is 0.263 e. The van der Waals surface area contributed by atoms with Crippen molar-refractivity contribution in [2.45, 2.75) is 38.1 Å². The molecule has 0 radical (unpaired) electrons. The van der Waals surface area contributed by atoms with Gasteiger partial charge in [0, 0.05) is 6.04 Å². The van der Waals surface area contributed by atoms with Crippen LogP contribution in [0.3, 0.4) is 0 Å². The molecule has 0 bridgehead atoms. The number of aromatic nitrogens is 1. The molecule has 6 heteroatoms. The lowest BCUT2D eigenvalue weighted by atomic mass is 9.95. The van der Waals surface area contributed by atoms with Crippen molar-refractivity contribution in [1.29, 1.82) is 0 Å². The fraction of sp³-hybridized carbons (Fsp3) is 0.400. The highest BCUT2D eigenvalue weighted by atomic mass is 16.5. The average Bonchev–Trinajstić information content (AvgIpc) is 2.69. The molecule has 2 N–H and O–H groups in total. The number of amides is 1. The molecule has 0 spiro atoms. The lowest BCUT2D eigenvalue weighted by Gasteiger charge is -2.23. The lowest BCUT2D eigenvalue weighted by Crippen LogP contribution is -2.23. The molecule has 3 rings (SSSR count). The maximum atomic E-state index is 12.1. The van der Waals surface area contributed by atoms with Gasteiger partial charge in [-0.2, -0.15) is 0 Å². The fourth-order valence-corrected chi connectivity index (χ4v) is 3.10. The number of hydrogen-bond donors (Lipinski definition) is 2. The second-order valence-electron chi connectivity index (χ2n) is 6.40. The molecule has 6 nitrogen and oxygen atoms in total. The molecule has 26 heavy (non-hydrogen) atoms. The van der Waals surface area contributed by atoms with Gasteiger partial charge in [0.25, 0.3) is 5.91 Å². The molecular weight excluding hydrogens is 330 g/mol. The summed E-state index contributed by atoms with van der Waals surface area (Å²) >= 11 is 0. The van der Waals surface area contributed by atoms with E-state index in [9.17, 15) is 4.79 Å². The van der Waals surface area contributed by atoms with E-state index in [2.05, 4.69) is 15.6 Å². The van der Waals surface area contributed by atoms with Gasteiger partial charge in [-0.3, -0.25) is 4.79 Å². The summed E-state index contributed by atoms with van der Waals surface area (Å²) in [5.41, 5.74) is 0.986. The number of nitrogens with one attached hydrogen (secondary N) is 2. The number of anilines is 2. The number of pyridine rings is 1. The summed E-state index contributed by atoms with van der Waals surface area (Å²) in [6, 6.07) is 11.5. The van der Waals surface area contributed by atoms with Crippen LogP contribution in [0.1, 0.15) is 32.1 Å². The molecule has 0 atom stereocenters. The van der Waals surface area contributed by atoms with Gasteiger partial charge < -0.3 is 20.1 Å². The van der Waals surface area contributed by atoms with Gasteiger partial charge in [-0.25, -0.2) is 4.98 Å². The van der Waals surface area contributed by atoms with E-state index in [4.69, 9.17) is 9.47 Å². The first-order valence-electron chi connectivity index (χ1n) is 9.03. The Kier molecular flexibility index (Phi) is 6.30. The van der Waals surface area contributed by atoms with E-state index < -0.39 is 0 Å². The molecule has 0 aliphatic heterocycles. The largest absolute Gasteiger partial charge is 0.493 e. The normalized spacial score (nSPS) is 14.5. The third-order valence-corrected chi connectivity index (χ3v) is 4.43. The van der Waals surface area contributed by atoms with Crippen LogP contribution in [0.25, 0.3) is 0 Å². The Morgan fingerprint density at radius 3 is 2.58 bits per heavy atom. The van der Waals surface area contributed by atoms with E-state index in [0.717, 1.165) is 5.69 Å². The van der Waals surface area contributed by atoms with Crippen LogP contribution in [0.4, 0.5) is 11.5 Å². The Labute approximate surface area is 153 Å². The lowest BCUT2D eigenvalue weighted by molar-refractivity contribution is -0.118. The Balaban J connectivity index is 1.48. The van der Waals surface area contributed by atoms with Crippen molar-refractivity contribution in [2.24, 2.45) is 0 Å². The molecular formula is C20H25N3O3. The first kappa shape index (κ1) is 18.0. The zero-order valence-corrected chi connectivity index (χ0v) is 15.0. The van der Waals surface area contributed by atoms with Crippen LogP contribution in [0, 0.1) is 0 Å². The van der Waals surface area contributed by atoms with Crippen LogP contribution in [-0.4, -0.2) is 30.6 Å². The Hall–Kier alpha value is -2.76. The van der Waals surface area contributed by atoms with Gasteiger partial charge in [0.15, 0.2) is 18.1 Å². The fourth-order valence-electron chi connectivity index (χ4n) is 3.10. The Morgan fingerprint density at radius 2 is 1.88 bits per heavy atom. The predicted molar refractivity (Wildman–Crippen MR) is 102 cm³/mol. The highest BCUT2D eigenvalue weighted by molar-refractivity contribution is 5.91. The van der Waals surface area contributed by atoms with E-state index in [1.807, 2.05) is 18.2 Å². The number of ether oxygens (including phenoxy) is 2. The molecule has 2 aromatic rings. The zero-order chi connectivity index (χ0) is 18.2. The summed E-state index contributed by atoms with van der Waals surface area (Å²) in [7, 11) is 1.56. The van der Waals surface area contributed by atoms with Crippen molar-refractivity contribution in [3.05, 3.63) is 42.6 Å². The molecule has 0 saturated heterocycles. The topological polar surface area (TPSA) is 72.5 Å². The van der Waals surface area contributed by atoms with E-state index in [1.165, 1.54) is 32.1 Å². The number of methoxy groups -OCH3 is 1. The first-order valence-corrected chi connectivity index (χ1v) is 9.03. The second-order valence-corrected chi connectivity index (χ2v) is 6.40. The van der Waals surface area contributed by atoms with Crippen molar-refractivity contribution in [3.8, 4) is 11.5 Å². The Bertz CT molecular complexity index is 712. The zero-order valence-electron chi connectivity index (χ0n) is 15.0. The van der Waals surface area contributed by atoms with Gasteiger partial charge in [-0.15, -0.1) is 0 Å². The number of nitrogens with zero attached hydrogens (tertiary/aromatic N) is 1. The summed E-state index contributed by atoms with van der Waals surface area (Å²) in [5.74, 6) is 1.37. The van der Waals surface area contributed by atoms with Crippen LogP contribution in [-0.2, 0) is 4.79 Å². The van der Waals surface area contributed by atoms with Gasteiger partial charge in [-0.05, 0) is 37.1 Å². The van der Waals surface area contributed by atoms with Gasteiger partial charge >= 0.3 is 0 Å². The average molecular weight is 355 g/mol. The van der Waals surface area contributed by atoms with Gasteiger partial charge in [0.1, 0.15) is 5.82 Å². The summed E-state index contributed by atoms with van der Waals surface area (Å²) in [5, 5.41) is 6.24. The maximum absolute atomic E-state index is 12.1. The molecule has 1 aromatic heterocycles. The van der Waals surface area contributed by atoms with Gasteiger partial charge in [0.2, 0.25) is 0 Å². The van der Waals surface area contributed by atoms with Crippen LogP contribution in [0.2, 0.25) is 0 Å². The molecule has 1 aliphatic carbocycles.